The number of carbonyl (C=O) groups is 2. The van der Waals surface area contributed by atoms with Crippen LogP contribution >= 0.6 is 11.6 Å². The predicted molar refractivity (Wildman–Crippen MR) is 132 cm³/mol. The van der Waals surface area contributed by atoms with E-state index >= 15 is 0 Å². The first kappa shape index (κ1) is 26.1. The molecule has 2 amide bonds. The number of aryl methyl sites for hydroxylation is 2. The van der Waals surface area contributed by atoms with Gasteiger partial charge in [-0.15, -0.1) is 0 Å². The first-order chi connectivity index (χ1) is 17.7. The van der Waals surface area contributed by atoms with Crippen molar-refractivity contribution >= 4 is 29.1 Å². The smallest absolute Gasteiger partial charge is 0.293 e. The molecule has 2 aromatic heterocycles. The summed E-state index contributed by atoms with van der Waals surface area (Å²) in [6, 6.07) is 12.2. The van der Waals surface area contributed by atoms with Crippen molar-refractivity contribution < 1.29 is 27.9 Å². The van der Waals surface area contributed by atoms with Crippen LogP contribution in [0, 0.1) is 25.5 Å². The van der Waals surface area contributed by atoms with Crippen molar-refractivity contribution in [2.75, 3.05) is 6.61 Å². The van der Waals surface area contributed by atoms with E-state index in [2.05, 4.69) is 15.8 Å². The highest BCUT2D eigenvalue weighted by Crippen LogP contribution is 2.26. The third-order valence-electron chi connectivity index (χ3n) is 5.42. The second kappa shape index (κ2) is 11.4. The highest BCUT2D eigenvalue weighted by Gasteiger charge is 2.21. The summed E-state index contributed by atoms with van der Waals surface area (Å²) in [6.07, 6.45) is 1.67. The lowest BCUT2D eigenvalue weighted by molar-refractivity contribution is -0.127. The predicted octanol–water partition coefficient (Wildman–Crippen LogP) is 4.44. The lowest BCUT2D eigenvalue weighted by Gasteiger charge is -2.11. The van der Waals surface area contributed by atoms with Crippen LogP contribution in [0.5, 0.6) is 5.75 Å². The van der Waals surface area contributed by atoms with Crippen molar-refractivity contribution in [3.05, 3.63) is 99.5 Å². The number of ether oxygens (including phenoxy) is 1. The zero-order valence-corrected chi connectivity index (χ0v) is 20.7. The van der Waals surface area contributed by atoms with E-state index in [0.29, 0.717) is 16.3 Å². The van der Waals surface area contributed by atoms with Gasteiger partial charge in [0.25, 0.3) is 5.91 Å². The van der Waals surface area contributed by atoms with Crippen molar-refractivity contribution in [3.8, 4) is 5.75 Å². The molecule has 11 heteroatoms. The third-order valence-corrected chi connectivity index (χ3v) is 5.67. The Labute approximate surface area is 216 Å². The normalized spacial score (nSPS) is 10.9. The number of carbonyl (C=O) groups excluding carboxylic acids is 2. The fourth-order valence-corrected chi connectivity index (χ4v) is 3.75. The van der Waals surface area contributed by atoms with Crippen LogP contribution in [0.2, 0.25) is 5.02 Å². The van der Waals surface area contributed by atoms with Crippen LogP contribution in [-0.4, -0.2) is 27.8 Å². The number of nitrogens with one attached hydrogen (secondary N) is 2. The van der Waals surface area contributed by atoms with Gasteiger partial charge >= 0.3 is 0 Å². The van der Waals surface area contributed by atoms with Crippen LogP contribution in [0.4, 0.5) is 8.78 Å². The third kappa shape index (κ3) is 6.22. The van der Waals surface area contributed by atoms with E-state index in [1.807, 2.05) is 0 Å². The van der Waals surface area contributed by atoms with E-state index in [-0.39, 0.29) is 35.8 Å². The summed E-state index contributed by atoms with van der Waals surface area (Å²) in [6.45, 7) is 2.90. The summed E-state index contributed by atoms with van der Waals surface area (Å²) in [5.41, 5.74) is 4.40. The molecule has 2 heterocycles. The molecule has 0 aliphatic rings. The van der Waals surface area contributed by atoms with Crippen molar-refractivity contribution in [1.29, 1.82) is 0 Å². The first-order valence-electron chi connectivity index (χ1n) is 11.2. The molecule has 0 spiro atoms. The molecule has 4 aromatic rings. The van der Waals surface area contributed by atoms with E-state index in [1.54, 1.807) is 50.4 Å². The Balaban J connectivity index is 1.41. The SMILES string of the molecule is Cc1cc(OCc2c(F)cccc2F)c2nc(C)c(C(=O)NOCC(=O)NCc3ccc(Cl)cc3)n2c1. The Bertz CT molecular complexity index is 1440. The lowest BCUT2D eigenvalue weighted by atomic mass is 10.2. The van der Waals surface area contributed by atoms with Gasteiger partial charge in [0.05, 0.1) is 11.3 Å². The minimum atomic E-state index is -0.724. The summed E-state index contributed by atoms with van der Waals surface area (Å²) < 4.78 is 35.2. The maximum atomic E-state index is 14.0. The van der Waals surface area contributed by atoms with Gasteiger partial charge < -0.3 is 10.1 Å². The molecule has 2 N–H and O–H groups in total. The van der Waals surface area contributed by atoms with Gasteiger partial charge in [-0.3, -0.25) is 18.8 Å². The number of amides is 2. The van der Waals surface area contributed by atoms with Gasteiger partial charge in [-0.2, -0.15) is 0 Å². The first-order valence-corrected chi connectivity index (χ1v) is 11.6. The number of aromatic nitrogens is 2. The van der Waals surface area contributed by atoms with Crippen LogP contribution in [0.3, 0.4) is 0 Å². The second-order valence-corrected chi connectivity index (χ2v) is 8.67. The molecule has 0 saturated carbocycles. The number of hydrogen-bond donors (Lipinski definition) is 2. The van der Waals surface area contributed by atoms with Crippen LogP contribution in [-0.2, 0) is 22.8 Å². The molecule has 4 rings (SSSR count). The quantitative estimate of drug-likeness (QED) is 0.313. The average molecular weight is 529 g/mol. The summed E-state index contributed by atoms with van der Waals surface area (Å²) in [7, 11) is 0. The number of hydroxylamine groups is 1. The van der Waals surface area contributed by atoms with Gasteiger partial charge in [0, 0.05) is 17.8 Å². The summed E-state index contributed by atoms with van der Waals surface area (Å²) in [5, 5.41) is 3.27. The molecule has 0 radical (unpaired) electrons. The molecule has 2 aromatic carbocycles. The molecule has 0 aliphatic carbocycles. The van der Waals surface area contributed by atoms with E-state index in [4.69, 9.17) is 21.2 Å². The number of nitrogens with zero attached hydrogens (tertiary/aromatic N) is 2. The van der Waals surface area contributed by atoms with E-state index in [9.17, 15) is 18.4 Å². The molecule has 0 bridgehead atoms. The number of halogens is 3. The molecule has 0 aliphatic heterocycles. The minimum absolute atomic E-state index is 0.155. The van der Waals surface area contributed by atoms with E-state index in [0.717, 1.165) is 17.7 Å². The monoisotopic (exact) mass is 528 g/mol. The van der Waals surface area contributed by atoms with Gasteiger partial charge in [-0.1, -0.05) is 29.8 Å². The highest BCUT2D eigenvalue weighted by atomic mass is 35.5. The average Bonchev–Trinajstić information content (AvgIpc) is 3.19. The van der Waals surface area contributed by atoms with Crippen LogP contribution in [0.1, 0.15) is 32.9 Å². The molecule has 0 unspecified atom stereocenters. The highest BCUT2D eigenvalue weighted by molar-refractivity contribution is 6.30. The fraction of sp³-hybridized carbons (Fsp3) is 0.192. The molecule has 0 fully saturated rings. The summed E-state index contributed by atoms with van der Waals surface area (Å²) >= 11 is 5.84. The largest absolute Gasteiger partial charge is 0.485 e. The standard InChI is InChI=1S/C26H23ClF2N4O4/c1-15-10-22(36-13-19-20(28)4-3-5-21(19)29)25-31-16(2)24(33(25)12-15)26(35)32-37-14-23(34)30-11-17-6-8-18(27)9-7-17/h3-10,12H,11,13-14H2,1-2H3,(H,30,34)(H,32,35). The van der Waals surface area contributed by atoms with Crippen molar-refractivity contribution in [3.63, 3.8) is 0 Å². The Morgan fingerprint density at radius 2 is 1.78 bits per heavy atom. The topological polar surface area (TPSA) is 94.0 Å². The van der Waals surface area contributed by atoms with E-state index < -0.39 is 30.1 Å². The maximum absolute atomic E-state index is 14.0. The van der Waals surface area contributed by atoms with E-state index in [1.165, 1.54) is 10.5 Å². The zero-order chi connectivity index (χ0) is 26.5. The lowest BCUT2D eigenvalue weighted by Crippen LogP contribution is -2.33. The van der Waals surface area contributed by atoms with Gasteiger partial charge in [0.1, 0.15) is 23.9 Å². The van der Waals surface area contributed by atoms with Crippen molar-refractivity contribution in [2.24, 2.45) is 0 Å². The Morgan fingerprint density at radius 1 is 1.08 bits per heavy atom. The van der Waals surface area contributed by atoms with Crippen molar-refractivity contribution in [1.82, 2.24) is 20.2 Å². The molecule has 37 heavy (non-hydrogen) atoms. The number of imidazole rings is 1. The number of pyridine rings is 1. The molecular weight excluding hydrogens is 506 g/mol. The van der Waals surface area contributed by atoms with Gasteiger partial charge in [0.15, 0.2) is 18.0 Å². The second-order valence-electron chi connectivity index (χ2n) is 8.23. The number of fused-ring (bicyclic) bond motifs is 1. The Morgan fingerprint density at radius 3 is 2.49 bits per heavy atom. The molecular formula is C26H23ClF2N4O4. The number of rotatable bonds is 9. The molecule has 192 valence electrons. The number of hydrogen-bond acceptors (Lipinski definition) is 5. The van der Waals surface area contributed by atoms with Gasteiger partial charge in [-0.05, 0) is 55.3 Å². The fourth-order valence-electron chi connectivity index (χ4n) is 3.63. The Kier molecular flexibility index (Phi) is 8.00. The minimum Gasteiger partial charge on any atom is -0.485 e. The van der Waals surface area contributed by atoms with Gasteiger partial charge in [-0.25, -0.2) is 19.2 Å². The van der Waals surface area contributed by atoms with Gasteiger partial charge in [0.2, 0.25) is 5.91 Å². The molecule has 0 saturated heterocycles. The van der Waals surface area contributed by atoms with Crippen LogP contribution in [0.25, 0.3) is 5.65 Å². The number of benzene rings is 2. The zero-order valence-electron chi connectivity index (χ0n) is 20.0. The van der Waals surface area contributed by atoms with Crippen molar-refractivity contribution in [2.45, 2.75) is 27.0 Å². The van der Waals surface area contributed by atoms with Crippen LogP contribution < -0.4 is 15.5 Å². The summed E-state index contributed by atoms with van der Waals surface area (Å²) in [4.78, 5) is 34.4. The van der Waals surface area contributed by atoms with Crippen LogP contribution in [0.15, 0.2) is 54.7 Å². The molecule has 8 nitrogen and oxygen atoms in total. The Hall–Kier alpha value is -4.02. The molecule has 0 atom stereocenters. The summed E-state index contributed by atoms with van der Waals surface area (Å²) in [5.74, 6) is -2.27. The maximum Gasteiger partial charge on any atom is 0.293 e.